The highest BCUT2D eigenvalue weighted by Gasteiger charge is 1.98. The lowest BCUT2D eigenvalue weighted by Gasteiger charge is -2.03. The number of pyridine rings is 1. The third-order valence-corrected chi connectivity index (χ3v) is 2.37. The molecule has 0 saturated heterocycles. The molecule has 2 aromatic heterocycles. The van der Waals surface area contributed by atoms with Gasteiger partial charge in [-0.05, 0) is 24.1 Å². The fraction of sp³-hybridized carbons (Fsp3) is 0.250. The predicted octanol–water partition coefficient (Wildman–Crippen LogP) is 1.34. The van der Waals surface area contributed by atoms with Crippen molar-refractivity contribution in [1.82, 2.24) is 14.8 Å². The highest BCUT2D eigenvalue weighted by Crippen LogP contribution is 2.06. The fourth-order valence-corrected chi connectivity index (χ4v) is 1.53. The first-order chi connectivity index (χ1) is 8.28. The number of nitriles is 1. The van der Waals surface area contributed by atoms with Crippen LogP contribution in [0.4, 0.5) is 5.82 Å². The van der Waals surface area contributed by atoms with Gasteiger partial charge in [0.25, 0.3) is 0 Å². The third kappa shape index (κ3) is 3.05. The van der Waals surface area contributed by atoms with Gasteiger partial charge in [0.2, 0.25) is 0 Å². The number of anilines is 1. The molecule has 0 amide bonds. The zero-order valence-corrected chi connectivity index (χ0v) is 9.59. The molecular weight excluding hydrogens is 214 g/mol. The van der Waals surface area contributed by atoms with Gasteiger partial charge in [-0.25, -0.2) is 4.98 Å². The molecule has 0 unspecified atom stereocenters. The first-order valence-corrected chi connectivity index (χ1v) is 5.35. The summed E-state index contributed by atoms with van der Waals surface area (Å²) in [5, 5.41) is 16.0. The molecule has 0 atom stereocenters. The van der Waals surface area contributed by atoms with Gasteiger partial charge in [0, 0.05) is 26.0 Å². The molecule has 0 aliphatic carbocycles. The second-order valence-electron chi connectivity index (χ2n) is 3.74. The number of hydrogen-bond acceptors (Lipinski definition) is 4. The van der Waals surface area contributed by atoms with E-state index in [0.29, 0.717) is 5.56 Å². The first-order valence-electron chi connectivity index (χ1n) is 5.35. The monoisotopic (exact) mass is 227 g/mol. The second-order valence-corrected chi connectivity index (χ2v) is 3.74. The van der Waals surface area contributed by atoms with Gasteiger partial charge in [-0.2, -0.15) is 10.4 Å². The smallest absolute Gasteiger partial charge is 0.127 e. The average Bonchev–Trinajstić information content (AvgIpc) is 2.75. The minimum absolute atomic E-state index is 0.615. The molecule has 1 N–H and O–H groups in total. The van der Waals surface area contributed by atoms with Crippen LogP contribution in [0.3, 0.4) is 0 Å². The van der Waals surface area contributed by atoms with Crippen molar-refractivity contribution in [3.8, 4) is 6.07 Å². The summed E-state index contributed by atoms with van der Waals surface area (Å²) in [5.74, 6) is 0.730. The molecule has 2 heterocycles. The first kappa shape index (κ1) is 11.1. The maximum Gasteiger partial charge on any atom is 0.127 e. The molecule has 2 aromatic rings. The lowest BCUT2D eigenvalue weighted by molar-refractivity contribution is 0.767. The summed E-state index contributed by atoms with van der Waals surface area (Å²) in [5.41, 5.74) is 1.79. The van der Waals surface area contributed by atoms with Crippen LogP contribution in [0.2, 0.25) is 0 Å². The van der Waals surface area contributed by atoms with Crippen LogP contribution in [0, 0.1) is 11.3 Å². The van der Waals surface area contributed by atoms with E-state index in [4.69, 9.17) is 5.26 Å². The van der Waals surface area contributed by atoms with Crippen LogP contribution >= 0.6 is 0 Å². The Morgan fingerprint density at radius 1 is 1.53 bits per heavy atom. The van der Waals surface area contributed by atoms with Crippen LogP contribution in [0.5, 0.6) is 0 Å². The molecule has 0 aliphatic heterocycles. The number of aromatic nitrogens is 3. The van der Waals surface area contributed by atoms with E-state index in [1.165, 1.54) is 5.56 Å². The molecule has 2 rings (SSSR count). The lowest BCUT2D eigenvalue weighted by Crippen LogP contribution is -2.05. The molecule has 0 radical (unpaired) electrons. The molecule has 0 bridgehead atoms. The molecule has 0 fully saturated rings. The molecule has 5 heteroatoms. The Balaban J connectivity index is 1.88. The Kier molecular flexibility index (Phi) is 3.36. The second kappa shape index (κ2) is 5.12. The summed E-state index contributed by atoms with van der Waals surface area (Å²) < 4.78 is 1.78. The van der Waals surface area contributed by atoms with E-state index in [9.17, 15) is 0 Å². The average molecular weight is 227 g/mol. The van der Waals surface area contributed by atoms with Crippen LogP contribution < -0.4 is 5.32 Å². The van der Waals surface area contributed by atoms with E-state index in [1.54, 1.807) is 23.0 Å². The van der Waals surface area contributed by atoms with Gasteiger partial charge in [-0.1, -0.05) is 0 Å². The quantitative estimate of drug-likeness (QED) is 0.856. The zero-order chi connectivity index (χ0) is 12.1. The summed E-state index contributed by atoms with van der Waals surface area (Å²) in [6, 6.07) is 5.51. The molecular formula is C12H13N5. The van der Waals surface area contributed by atoms with Gasteiger partial charge in [-0.3, -0.25) is 4.68 Å². The Morgan fingerprint density at radius 2 is 2.41 bits per heavy atom. The molecule has 0 aromatic carbocycles. The zero-order valence-electron chi connectivity index (χ0n) is 9.59. The maximum atomic E-state index is 8.75. The Hall–Kier alpha value is -2.35. The number of hydrogen-bond donors (Lipinski definition) is 1. The largest absolute Gasteiger partial charge is 0.370 e. The minimum Gasteiger partial charge on any atom is -0.370 e. The molecule has 5 nitrogen and oxygen atoms in total. The number of aryl methyl sites for hydroxylation is 1. The van der Waals surface area contributed by atoms with E-state index < -0.39 is 0 Å². The minimum atomic E-state index is 0.615. The predicted molar refractivity (Wildman–Crippen MR) is 64.4 cm³/mol. The Morgan fingerprint density at radius 3 is 3.12 bits per heavy atom. The van der Waals surface area contributed by atoms with E-state index in [-0.39, 0.29) is 0 Å². The highest BCUT2D eigenvalue weighted by atomic mass is 15.2. The van der Waals surface area contributed by atoms with E-state index in [0.717, 1.165) is 18.8 Å². The number of nitrogens with zero attached hydrogens (tertiary/aromatic N) is 4. The Labute approximate surface area is 99.7 Å². The van der Waals surface area contributed by atoms with E-state index in [2.05, 4.69) is 21.5 Å². The van der Waals surface area contributed by atoms with Crippen molar-refractivity contribution in [2.75, 3.05) is 11.9 Å². The van der Waals surface area contributed by atoms with Crippen molar-refractivity contribution in [1.29, 1.82) is 5.26 Å². The third-order valence-electron chi connectivity index (χ3n) is 2.37. The van der Waals surface area contributed by atoms with Crippen molar-refractivity contribution in [2.45, 2.75) is 6.42 Å². The van der Waals surface area contributed by atoms with Crippen LogP contribution in [0.25, 0.3) is 0 Å². The highest BCUT2D eigenvalue weighted by molar-refractivity contribution is 5.42. The summed E-state index contributed by atoms with van der Waals surface area (Å²) in [7, 11) is 1.90. The summed E-state index contributed by atoms with van der Waals surface area (Å²) in [6.45, 7) is 0.771. The number of nitrogens with one attached hydrogen (secondary N) is 1. The molecule has 0 saturated carbocycles. The van der Waals surface area contributed by atoms with Gasteiger partial charge in [0.15, 0.2) is 0 Å². The molecule has 17 heavy (non-hydrogen) atoms. The standard InChI is InChI=1S/C12H13N5/c1-17-9-11(8-16-17)3-5-15-12-6-10(7-13)2-4-14-12/h2,4,6,8-9H,3,5H2,1H3,(H,14,15). The van der Waals surface area contributed by atoms with Crippen molar-refractivity contribution in [2.24, 2.45) is 7.05 Å². The van der Waals surface area contributed by atoms with Gasteiger partial charge >= 0.3 is 0 Å². The molecule has 0 spiro atoms. The summed E-state index contributed by atoms with van der Waals surface area (Å²) >= 11 is 0. The van der Waals surface area contributed by atoms with Crippen LogP contribution in [-0.4, -0.2) is 21.3 Å². The topological polar surface area (TPSA) is 66.5 Å². The van der Waals surface area contributed by atoms with Crippen molar-refractivity contribution >= 4 is 5.82 Å². The van der Waals surface area contributed by atoms with Crippen LogP contribution in [0.1, 0.15) is 11.1 Å². The summed E-state index contributed by atoms with van der Waals surface area (Å²) in [6.07, 6.45) is 6.35. The lowest BCUT2D eigenvalue weighted by atomic mass is 10.2. The molecule has 0 aliphatic rings. The Bertz CT molecular complexity index is 538. The van der Waals surface area contributed by atoms with Crippen LogP contribution in [-0.2, 0) is 13.5 Å². The number of rotatable bonds is 4. The normalized spacial score (nSPS) is 9.88. The SMILES string of the molecule is Cn1cc(CCNc2cc(C#N)ccn2)cn1. The van der Waals surface area contributed by atoms with Crippen molar-refractivity contribution in [3.05, 3.63) is 41.9 Å². The fourth-order valence-electron chi connectivity index (χ4n) is 1.53. The van der Waals surface area contributed by atoms with Gasteiger partial charge in [-0.15, -0.1) is 0 Å². The van der Waals surface area contributed by atoms with Crippen LogP contribution in [0.15, 0.2) is 30.7 Å². The molecule has 86 valence electrons. The summed E-state index contributed by atoms with van der Waals surface area (Å²) in [4.78, 5) is 4.14. The van der Waals surface area contributed by atoms with Crippen molar-refractivity contribution in [3.63, 3.8) is 0 Å². The van der Waals surface area contributed by atoms with Gasteiger partial charge in [0.05, 0.1) is 17.8 Å². The van der Waals surface area contributed by atoms with Gasteiger partial charge in [0.1, 0.15) is 5.82 Å². The van der Waals surface area contributed by atoms with Crippen molar-refractivity contribution < 1.29 is 0 Å². The van der Waals surface area contributed by atoms with Gasteiger partial charge < -0.3 is 5.32 Å². The van der Waals surface area contributed by atoms with E-state index >= 15 is 0 Å². The maximum absolute atomic E-state index is 8.75. The van der Waals surface area contributed by atoms with E-state index in [1.807, 2.05) is 19.4 Å².